The summed E-state index contributed by atoms with van der Waals surface area (Å²) in [5.74, 6) is -0.195. The summed E-state index contributed by atoms with van der Waals surface area (Å²) < 4.78 is 22.2. The molecule has 6 nitrogen and oxygen atoms in total. The molecule has 3 rings (SSSR count). The zero-order valence-electron chi connectivity index (χ0n) is 15.7. The average Bonchev–Trinajstić information content (AvgIpc) is 3.06. The Morgan fingerprint density at radius 2 is 1.89 bits per heavy atom. The highest BCUT2D eigenvalue weighted by Gasteiger charge is 2.25. The molecule has 1 atom stereocenters. The number of ether oxygens (including phenoxy) is 3. The monoisotopic (exact) mass is 446 g/mol. The summed E-state index contributed by atoms with van der Waals surface area (Å²) in [6.07, 6.45) is -0.815. The van der Waals surface area contributed by atoms with Crippen molar-refractivity contribution < 1.29 is 28.2 Å². The van der Waals surface area contributed by atoms with Crippen molar-refractivity contribution in [2.75, 3.05) is 13.7 Å². The van der Waals surface area contributed by atoms with Gasteiger partial charge in [-0.15, -0.1) is 0 Å². The van der Waals surface area contributed by atoms with E-state index in [2.05, 4.69) is 15.9 Å². The van der Waals surface area contributed by atoms with Gasteiger partial charge in [-0.3, -0.25) is 0 Å². The topological polar surface area (TPSA) is 75.0 Å². The smallest absolute Gasteiger partial charge is 0.346 e. The Balaban J connectivity index is 2.16. The number of methoxy groups -OCH3 is 1. The molecule has 7 heteroatoms. The van der Waals surface area contributed by atoms with Crippen LogP contribution in [0, 0.1) is 0 Å². The summed E-state index contributed by atoms with van der Waals surface area (Å²) in [6, 6.07) is 12.7. The van der Waals surface area contributed by atoms with Gasteiger partial charge in [0.2, 0.25) is 0 Å². The lowest BCUT2D eigenvalue weighted by Gasteiger charge is -2.13. The minimum atomic E-state index is -0.815. The van der Waals surface area contributed by atoms with E-state index in [0.29, 0.717) is 32.5 Å². The second-order valence-electron chi connectivity index (χ2n) is 5.95. The van der Waals surface area contributed by atoms with E-state index in [4.69, 9.17) is 18.6 Å². The van der Waals surface area contributed by atoms with Crippen molar-refractivity contribution in [1.82, 2.24) is 0 Å². The molecule has 2 aromatic carbocycles. The molecule has 0 bridgehead atoms. The molecule has 0 saturated carbocycles. The Hall–Kier alpha value is -2.80. The molecule has 0 aliphatic rings. The van der Waals surface area contributed by atoms with Crippen molar-refractivity contribution >= 4 is 38.8 Å². The second-order valence-corrected chi connectivity index (χ2v) is 6.81. The molecule has 0 unspecified atom stereocenters. The van der Waals surface area contributed by atoms with Gasteiger partial charge in [-0.1, -0.05) is 30.3 Å². The molecule has 0 N–H and O–H groups in total. The molecule has 146 valence electrons. The third kappa shape index (κ3) is 3.89. The van der Waals surface area contributed by atoms with Crippen LogP contribution in [-0.4, -0.2) is 31.8 Å². The highest BCUT2D eigenvalue weighted by molar-refractivity contribution is 9.10. The van der Waals surface area contributed by atoms with Crippen LogP contribution in [0.4, 0.5) is 0 Å². The largest absolute Gasteiger partial charge is 0.478 e. The van der Waals surface area contributed by atoms with Gasteiger partial charge in [-0.05, 0) is 41.9 Å². The highest BCUT2D eigenvalue weighted by atomic mass is 79.9. The van der Waals surface area contributed by atoms with E-state index in [0.717, 1.165) is 5.56 Å². The summed E-state index contributed by atoms with van der Waals surface area (Å²) in [5, 5.41) is 0.535. The summed E-state index contributed by atoms with van der Waals surface area (Å²) in [6.45, 7) is 3.56. The van der Waals surface area contributed by atoms with Gasteiger partial charge in [0.05, 0.1) is 18.2 Å². The van der Waals surface area contributed by atoms with Gasteiger partial charge in [-0.25, -0.2) is 9.59 Å². The number of furan rings is 1. The van der Waals surface area contributed by atoms with Gasteiger partial charge in [0.15, 0.2) is 6.10 Å². The molecular weight excluding hydrogens is 428 g/mol. The average molecular weight is 447 g/mol. The van der Waals surface area contributed by atoms with Crippen LogP contribution in [-0.2, 0) is 14.3 Å². The van der Waals surface area contributed by atoms with Crippen LogP contribution in [0.15, 0.2) is 51.4 Å². The fourth-order valence-corrected chi connectivity index (χ4v) is 3.21. The second kappa shape index (κ2) is 8.48. The van der Waals surface area contributed by atoms with Crippen LogP contribution in [0.1, 0.15) is 24.2 Å². The van der Waals surface area contributed by atoms with E-state index in [1.165, 1.54) is 7.11 Å². The van der Waals surface area contributed by atoms with E-state index < -0.39 is 18.0 Å². The van der Waals surface area contributed by atoms with Crippen LogP contribution in [0.3, 0.4) is 0 Å². The fraction of sp³-hybridized carbons (Fsp3) is 0.238. The molecule has 0 saturated heterocycles. The number of halogens is 1. The van der Waals surface area contributed by atoms with Crippen molar-refractivity contribution in [1.29, 1.82) is 0 Å². The number of hydrogen-bond donors (Lipinski definition) is 0. The van der Waals surface area contributed by atoms with Crippen molar-refractivity contribution in [3.63, 3.8) is 0 Å². The first-order valence-corrected chi connectivity index (χ1v) is 9.48. The van der Waals surface area contributed by atoms with Crippen LogP contribution in [0.25, 0.3) is 22.3 Å². The Bertz CT molecular complexity index is 1010. The molecule has 3 aromatic rings. The maximum Gasteiger partial charge on any atom is 0.346 e. The SMILES string of the molecule is CCOC(=O)c1c(-c2ccccc2)oc2cc(Br)c(O[C@H](C)C(=O)OC)cc12. The zero-order chi connectivity index (χ0) is 20.3. The molecule has 0 spiro atoms. The van der Waals surface area contributed by atoms with Crippen molar-refractivity contribution in [3.05, 3.63) is 52.5 Å². The Morgan fingerprint density at radius 1 is 1.18 bits per heavy atom. The van der Waals surface area contributed by atoms with Crippen LogP contribution < -0.4 is 4.74 Å². The first kappa shape index (κ1) is 19.9. The number of benzene rings is 2. The van der Waals surface area contributed by atoms with Crippen LogP contribution >= 0.6 is 15.9 Å². The molecule has 1 aromatic heterocycles. The Kier molecular flexibility index (Phi) is 6.04. The van der Waals surface area contributed by atoms with Gasteiger partial charge in [0, 0.05) is 10.9 Å². The van der Waals surface area contributed by atoms with E-state index in [1.54, 1.807) is 26.0 Å². The summed E-state index contributed by atoms with van der Waals surface area (Å²) in [7, 11) is 1.29. The number of fused-ring (bicyclic) bond motifs is 1. The number of carbonyl (C=O) groups excluding carboxylic acids is 2. The highest BCUT2D eigenvalue weighted by Crippen LogP contribution is 2.39. The molecule has 28 heavy (non-hydrogen) atoms. The standard InChI is InChI=1S/C21H19BrO6/c1-4-26-21(24)18-14-10-17(27-12(2)20(23)25-3)15(22)11-16(14)28-19(18)13-8-6-5-7-9-13/h5-12H,4H2,1-3H3/t12-/m1/s1. The predicted molar refractivity (Wildman–Crippen MR) is 107 cm³/mol. The summed E-state index contributed by atoms with van der Waals surface area (Å²) in [4.78, 5) is 24.4. The van der Waals surface area contributed by atoms with Crippen LogP contribution in [0.2, 0.25) is 0 Å². The minimum absolute atomic E-state index is 0.235. The Morgan fingerprint density at radius 3 is 2.54 bits per heavy atom. The van der Waals surface area contributed by atoms with Gasteiger partial charge < -0.3 is 18.6 Å². The molecule has 1 heterocycles. The predicted octanol–water partition coefficient (Wildman–Crippen LogP) is 4.98. The number of carbonyl (C=O) groups is 2. The summed E-state index contributed by atoms with van der Waals surface area (Å²) >= 11 is 3.42. The summed E-state index contributed by atoms with van der Waals surface area (Å²) in [5.41, 5.74) is 1.56. The quantitative estimate of drug-likeness (QED) is 0.497. The molecular formula is C21H19BrO6. The molecule has 0 amide bonds. The molecule has 0 aliphatic heterocycles. The lowest BCUT2D eigenvalue weighted by Crippen LogP contribution is -2.25. The van der Waals surface area contributed by atoms with Gasteiger partial charge in [-0.2, -0.15) is 0 Å². The van der Waals surface area contributed by atoms with E-state index in [9.17, 15) is 9.59 Å². The lowest BCUT2D eigenvalue weighted by atomic mass is 10.1. The van der Waals surface area contributed by atoms with Crippen LogP contribution in [0.5, 0.6) is 5.75 Å². The van der Waals surface area contributed by atoms with Gasteiger partial charge in [0.1, 0.15) is 22.7 Å². The van der Waals surface area contributed by atoms with E-state index in [-0.39, 0.29) is 6.61 Å². The van der Waals surface area contributed by atoms with E-state index >= 15 is 0 Å². The zero-order valence-corrected chi connectivity index (χ0v) is 17.2. The first-order valence-electron chi connectivity index (χ1n) is 8.69. The number of esters is 2. The number of rotatable bonds is 6. The fourth-order valence-electron chi connectivity index (χ4n) is 2.79. The minimum Gasteiger partial charge on any atom is -0.478 e. The maximum atomic E-state index is 12.7. The van der Waals surface area contributed by atoms with E-state index in [1.807, 2.05) is 30.3 Å². The Labute approximate surface area is 170 Å². The first-order chi connectivity index (χ1) is 13.5. The van der Waals surface area contributed by atoms with Crippen molar-refractivity contribution in [2.24, 2.45) is 0 Å². The molecule has 0 aliphatic carbocycles. The molecule has 0 fully saturated rings. The third-order valence-corrected chi connectivity index (χ3v) is 4.71. The number of hydrogen-bond acceptors (Lipinski definition) is 6. The normalized spacial score (nSPS) is 11.9. The maximum absolute atomic E-state index is 12.7. The van der Waals surface area contributed by atoms with Gasteiger partial charge >= 0.3 is 11.9 Å². The van der Waals surface area contributed by atoms with Gasteiger partial charge in [0.25, 0.3) is 0 Å². The van der Waals surface area contributed by atoms with Crippen molar-refractivity contribution in [3.8, 4) is 17.1 Å². The third-order valence-electron chi connectivity index (χ3n) is 4.09. The van der Waals surface area contributed by atoms with Crippen molar-refractivity contribution in [2.45, 2.75) is 20.0 Å². The molecule has 0 radical (unpaired) electrons. The lowest BCUT2D eigenvalue weighted by molar-refractivity contribution is -0.147.